The molecule has 0 saturated heterocycles. The predicted octanol–water partition coefficient (Wildman–Crippen LogP) is 19.9. The number of benzene rings is 13. The van der Waals surface area contributed by atoms with E-state index in [-0.39, 0.29) is 0 Å². The number of fused-ring (bicyclic) bond motifs is 6. The zero-order valence-corrected chi connectivity index (χ0v) is 39.6. The van der Waals surface area contributed by atoms with Crippen molar-refractivity contribution in [1.29, 1.82) is 0 Å². The normalized spacial score (nSPS) is 11.8. The maximum atomic E-state index is 2.40. The maximum Gasteiger partial charge on any atom is 0.0540 e. The monoisotopic (exact) mass is 916 g/mol. The standard InChI is InChI=1S/C70H48N2/c1-5-21-63-53(13-1)17-9-25-67(63)71(68-26-10-18-54-14-2-6-22-64(54)68)61-41-35-49(36-42-61)29-31-51-33-39-57-48-60-46-52(34-40-58(60)47-59(57)45-51)32-30-50-37-43-62(44-38-50)72(69-27-11-19-55-15-3-7-23-65(55)69)70-28-12-20-56-16-4-8-24-66(56)70/h1-48H/b31-29+,32-30+. The highest BCUT2D eigenvalue weighted by molar-refractivity contribution is 6.07. The zero-order valence-electron chi connectivity index (χ0n) is 39.6. The quantitative estimate of drug-likeness (QED) is 0.0996. The van der Waals surface area contributed by atoms with Gasteiger partial charge in [-0.25, -0.2) is 0 Å². The van der Waals surface area contributed by atoms with Crippen LogP contribution in [0.3, 0.4) is 0 Å². The van der Waals surface area contributed by atoms with Gasteiger partial charge in [-0.1, -0.05) is 218 Å². The van der Waals surface area contributed by atoms with Crippen molar-refractivity contribution < 1.29 is 0 Å². The van der Waals surface area contributed by atoms with Crippen molar-refractivity contribution in [2.75, 3.05) is 9.80 Å². The Hall–Kier alpha value is -9.50. The predicted molar refractivity (Wildman–Crippen MR) is 312 cm³/mol. The Morgan fingerprint density at radius 2 is 0.472 bits per heavy atom. The van der Waals surface area contributed by atoms with Gasteiger partial charge in [0.15, 0.2) is 0 Å². The van der Waals surface area contributed by atoms with E-state index in [0.29, 0.717) is 0 Å². The van der Waals surface area contributed by atoms with Gasteiger partial charge in [-0.3, -0.25) is 0 Å². The van der Waals surface area contributed by atoms with Gasteiger partial charge in [0.05, 0.1) is 22.7 Å². The van der Waals surface area contributed by atoms with Crippen molar-refractivity contribution in [3.63, 3.8) is 0 Å². The zero-order chi connectivity index (χ0) is 47.8. The third kappa shape index (κ3) is 8.11. The Kier molecular flexibility index (Phi) is 10.9. The Balaban J connectivity index is 0.748. The average molecular weight is 917 g/mol. The van der Waals surface area contributed by atoms with Gasteiger partial charge in [-0.15, -0.1) is 0 Å². The van der Waals surface area contributed by atoms with Crippen LogP contribution in [0.4, 0.5) is 34.1 Å². The Labute approximate surface area is 419 Å². The summed E-state index contributed by atoms with van der Waals surface area (Å²) in [6.07, 6.45) is 8.86. The van der Waals surface area contributed by atoms with Crippen molar-refractivity contribution in [3.8, 4) is 0 Å². The minimum atomic E-state index is 1.11. The van der Waals surface area contributed by atoms with Crippen LogP contribution in [0.1, 0.15) is 22.3 Å². The highest BCUT2D eigenvalue weighted by Crippen LogP contribution is 2.44. The minimum absolute atomic E-state index is 1.11. The van der Waals surface area contributed by atoms with E-state index in [4.69, 9.17) is 0 Å². The van der Waals surface area contributed by atoms with Crippen molar-refractivity contribution in [3.05, 3.63) is 289 Å². The molecule has 0 saturated carbocycles. The van der Waals surface area contributed by atoms with Crippen molar-refractivity contribution in [2.45, 2.75) is 0 Å². The molecule has 0 atom stereocenters. The number of nitrogens with zero attached hydrogens (tertiary/aromatic N) is 2. The van der Waals surface area contributed by atoms with Gasteiger partial charge in [0.25, 0.3) is 0 Å². The largest absolute Gasteiger partial charge is 0.309 e. The lowest BCUT2D eigenvalue weighted by Gasteiger charge is -2.28. The minimum Gasteiger partial charge on any atom is -0.309 e. The average Bonchev–Trinajstić information content (AvgIpc) is 3.44. The molecular formula is C70H48N2. The molecule has 13 aromatic rings. The van der Waals surface area contributed by atoms with Crippen LogP contribution in [-0.2, 0) is 0 Å². The molecule has 0 unspecified atom stereocenters. The molecule has 0 aliphatic heterocycles. The second-order valence-electron chi connectivity index (χ2n) is 18.6. The molecule has 13 rings (SSSR count). The number of rotatable bonds is 10. The molecule has 0 aromatic heterocycles. The first kappa shape index (κ1) is 42.6. The Morgan fingerprint density at radius 1 is 0.194 bits per heavy atom. The van der Waals surface area contributed by atoms with Crippen LogP contribution in [0.25, 0.3) is 88.9 Å². The molecule has 13 aromatic carbocycles. The summed E-state index contributed by atoms with van der Waals surface area (Å²) in [5, 5.41) is 14.7. The summed E-state index contributed by atoms with van der Waals surface area (Å²) >= 11 is 0. The molecule has 72 heavy (non-hydrogen) atoms. The summed E-state index contributed by atoms with van der Waals surface area (Å²) in [6.45, 7) is 0. The lowest BCUT2D eigenvalue weighted by atomic mass is 9.99. The molecule has 0 spiro atoms. The fourth-order valence-corrected chi connectivity index (χ4v) is 10.5. The van der Waals surface area contributed by atoms with Crippen LogP contribution in [0.5, 0.6) is 0 Å². The van der Waals surface area contributed by atoms with Crippen LogP contribution in [0.2, 0.25) is 0 Å². The third-order valence-electron chi connectivity index (χ3n) is 14.1. The SMILES string of the molecule is C(=C\c1ccc2cc3cc(/C=C/c4ccc(N(c5cccc6ccccc56)c5cccc6ccccc56)cc4)ccc3cc2c1)/c1ccc(N(c2cccc3ccccc23)c2cccc3ccccc23)cc1. The van der Waals surface area contributed by atoms with Gasteiger partial charge in [0, 0.05) is 32.9 Å². The van der Waals surface area contributed by atoms with Gasteiger partial charge in [0.1, 0.15) is 0 Å². The molecule has 0 amide bonds. The molecule has 0 fully saturated rings. The van der Waals surface area contributed by atoms with Gasteiger partial charge < -0.3 is 9.80 Å². The summed E-state index contributed by atoms with van der Waals surface area (Å²) in [5.74, 6) is 0. The van der Waals surface area contributed by atoms with E-state index < -0.39 is 0 Å². The fraction of sp³-hybridized carbons (Fsp3) is 0. The molecule has 0 bridgehead atoms. The van der Waals surface area contributed by atoms with E-state index >= 15 is 0 Å². The molecule has 0 aliphatic rings. The Bertz CT molecular complexity index is 3770. The van der Waals surface area contributed by atoms with Crippen LogP contribution < -0.4 is 9.80 Å². The van der Waals surface area contributed by atoms with Gasteiger partial charge in [-0.05, 0) is 138 Å². The Morgan fingerprint density at radius 3 is 0.806 bits per heavy atom. The molecule has 2 heteroatoms. The van der Waals surface area contributed by atoms with Gasteiger partial charge in [-0.2, -0.15) is 0 Å². The van der Waals surface area contributed by atoms with Crippen molar-refractivity contribution in [1.82, 2.24) is 0 Å². The maximum absolute atomic E-state index is 2.40. The topological polar surface area (TPSA) is 6.48 Å². The van der Waals surface area contributed by atoms with E-state index in [1.54, 1.807) is 0 Å². The lowest BCUT2D eigenvalue weighted by Crippen LogP contribution is -2.11. The van der Waals surface area contributed by atoms with Gasteiger partial charge in [0.2, 0.25) is 0 Å². The fourth-order valence-electron chi connectivity index (χ4n) is 10.5. The highest BCUT2D eigenvalue weighted by Gasteiger charge is 2.19. The van der Waals surface area contributed by atoms with E-state index in [9.17, 15) is 0 Å². The number of anilines is 6. The van der Waals surface area contributed by atoms with Crippen molar-refractivity contribution >= 4 is 123 Å². The smallest absolute Gasteiger partial charge is 0.0540 e. The van der Waals surface area contributed by atoms with Crippen LogP contribution in [-0.4, -0.2) is 0 Å². The molecule has 0 heterocycles. The van der Waals surface area contributed by atoms with E-state index in [1.165, 1.54) is 75.8 Å². The first-order chi connectivity index (χ1) is 35.7. The summed E-state index contributed by atoms with van der Waals surface area (Å²) in [5.41, 5.74) is 11.5. The van der Waals surface area contributed by atoms with Crippen LogP contribution >= 0.6 is 0 Å². The van der Waals surface area contributed by atoms with Crippen LogP contribution in [0.15, 0.2) is 267 Å². The second-order valence-corrected chi connectivity index (χ2v) is 18.6. The molecule has 2 nitrogen and oxygen atoms in total. The first-order valence-electron chi connectivity index (χ1n) is 24.7. The van der Waals surface area contributed by atoms with E-state index in [1.807, 2.05) is 0 Å². The third-order valence-corrected chi connectivity index (χ3v) is 14.1. The lowest BCUT2D eigenvalue weighted by molar-refractivity contribution is 1.31. The van der Waals surface area contributed by atoms with Crippen molar-refractivity contribution in [2.24, 2.45) is 0 Å². The van der Waals surface area contributed by atoms with Crippen LogP contribution in [0, 0.1) is 0 Å². The molecule has 0 aliphatic carbocycles. The molecular weight excluding hydrogens is 869 g/mol. The molecule has 0 N–H and O–H groups in total. The molecule has 338 valence electrons. The number of hydrogen-bond acceptors (Lipinski definition) is 2. The number of hydrogen-bond donors (Lipinski definition) is 0. The van der Waals surface area contributed by atoms with Gasteiger partial charge >= 0.3 is 0 Å². The van der Waals surface area contributed by atoms with E-state index in [0.717, 1.165) is 45.3 Å². The summed E-state index contributed by atoms with van der Waals surface area (Å²) in [6, 6.07) is 96.9. The summed E-state index contributed by atoms with van der Waals surface area (Å²) in [7, 11) is 0. The molecule has 0 radical (unpaired) electrons. The summed E-state index contributed by atoms with van der Waals surface area (Å²) < 4.78 is 0. The first-order valence-corrected chi connectivity index (χ1v) is 24.7. The van der Waals surface area contributed by atoms with E-state index in [2.05, 4.69) is 301 Å². The highest BCUT2D eigenvalue weighted by atomic mass is 15.2. The second kappa shape index (κ2) is 18.4. The summed E-state index contributed by atoms with van der Waals surface area (Å²) in [4.78, 5) is 4.80.